The Labute approximate surface area is 124 Å². The molecular formula is C15H22N4O2. The summed E-state index contributed by atoms with van der Waals surface area (Å²) < 4.78 is 0. The molecule has 6 heteroatoms. The molecule has 0 bridgehead atoms. The standard InChI is InChI=1S/C15H22N4O2/c1-10(19-8-7-12(9-19)17-11(2)20)15(21)18-14-6-4-3-5-13(14)16/h3-6,10,12H,7-9,16H2,1-2H3,(H,17,20)(H,18,21). The number of amides is 2. The Balaban J connectivity index is 1.91. The first-order valence-electron chi connectivity index (χ1n) is 7.14. The van der Waals surface area contributed by atoms with Crippen molar-refractivity contribution in [1.29, 1.82) is 0 Å². The minimum absolute atomic E-state index is 0.0315. The Morgan fingerprint density at radius 2 is 2.10 bits per heavy atom. The third-order valence-electron chi connectivity index (χ3n) is 3.77. The van der Waals surface area contributed by atoms with Gasteiger partial charge in [0.05, 0.1) is 17.4 Å². The monoisotopic (exact) mass is 290 g/mol. The number of anilines is 2. The molecule has 21 heavy (non-hydrogen) atoms. The number of benzene rings is 1. The summed E-state index contributed by atoms with van der Waals surface area (Å²) in [5, 5.41) is 5.74. The van der Waals surface area contributed by atoms with E-state index in [2.05, 4.69) is 15.5 Å². The van der Waals surface area contributed by atoms with E-state index >= 15 is 0 Å². The van der Waals surface area contributed by atoms with Crippen LogP contribution in [0, 0.1) is 0 Å². The average Bonchev–Trinajstić information content (AvgIpc) is 2.88. The highest BCUT2D eigenvalue weighted by atomic mass is 16.2. The molecule has 1 heterocycles. The molecule has 6 nitrogen and oxygen atoms in total. The third-order valence-corrected chi connectivity index (χ3v) is 3.77. The second kappa shape index (κ2) is 6.58. The van der Waals surface area contributed by atoms with Crippen LogP contribution in [0.15, 0.2) is 24.3 Å². The number of para-hydroxylation sites is 2. The number of carbonyl (C=O) groups is 2. The number of rotatable bonds is 4. The lowest BCUT2D eigenvalue weighted by Crippen LogP contribution is -2.43. The van der Waals surface area contributed by atoms with Gasteiger partial charge in [-0.05, 0) is 25.5 Å². The summed E-state index contributed by atoms with van der Waals surface area (Å²) in [6.07, 6.45) is 0.866. The van der Waals surface area contributed by atoms with Crippen molar-refractivity contribution in [3.63, 3.8) is 0 Å². The average molecular weight is 290 g/mol. The van der Waals surface area contributed by atoms with E-state index in [-0.39, 0.29) is 23.9 Å². The summed E-state index contributed by atoms with van der Waals surface area (Å²) >= 11 is 0. The molecule has 4 N–H and O–H groups in total. The van der Waals surface area contributed by atoms with Crippen LogP contribution in [-0.4, -0.2) is 41.9 Å². The first-order chi connectivity index (χ1) is 9.97. The molecule has 0 aliphatic carbocycles. The van der Waals surface area contributed by atoms with Crippen molar-refractivity contribution in [3.8, 4) is 0 Å². The Kier molecular flexibility index (Phi) is 4.80. The van der Waals surface area contributed by atoms with E-state index in [1.165, 1.54) is 6.92 Å². The van der Waals surface area contributed by atoms with Gasteiger partial charge in [0.2, 0.25) is 11.8 Å². The molecule has 2 rings (SSSR count). The van der Waals surface area contributed by atoms with Gasteiger partial charge in [-0.3, -0.25) is 14.5 Å². The van der Waals surface area contributed by atoms with Gasteiger partial charge < -0.3 is 16.4 Å². The Hall–Kier alpha value is -2.08. The van der Waals surface area contributed by atoms with Crippen LogP contribution in [-0.2, 0) is 9.59 Å². The maximum Gasteiger partial charge on any atom is 0.241 e. The lowest BCUT2D eigenvalue weighted by Gasteiger charge is -2.23. The summed E-state index contributed by atoms with van der Waals surface area (Å²) in [4.78, 5) is 25.4. The predicted molar refractivity (Wildman–Crippen MR) is 82.7 cm³/mol. The number of hydrogen-bond donors (Lipinski definition) is 3. The molecule has 0 radical (unpaired) electrons. The fraction of sp³-hybridized carbons (Fsp3) is 0.467. The molecule has 1 aliphatic rings. The van der Waals surface area contributed by atoms with Gasteiger partial charge in [0, 0.05) is 26.1 Å². The van der Waals surface area contributed by atoms with Crippen LogP contribution in [0.4, 0.5) is 11.4 Å². The molecule has 2 unspecified atom stereocenters. The number of nitrogens with one attached hydrogen (secondary N) is 2. The predicted octanol–water partition coefficient (Wildman–Crippen LogP) is 0.806. The van der Waals surface area contributed by atoms with Gasteiger partial charge in [0.1, 0.15) is 0 Å². The maximum atomic E-state index is 12.3. The van der Waals surface area contributed by atoms with Crippen LogP contribution in [0.2, 0.25) is 0 Å². The minimum atomic E-state index is -0.261. The molecule has 1 aromatic rings. The summed E-state index contributed by atoms with van der Waals surface area (Å²) in [7, 11) is 0. The van der Waals surface area contributed by atoms with Crippen LogP contribution in [0.1, 0.15) is 20.3 Å². The molecule has 1 saturated heterocycles. The highest BCUT2D eigenvalue weighted by Gasteiger charge is 2.30. The zero-order valence-corrected chi connectivity index (χ0v) is 12.4. The first kappa shape index (κ1) is 15.3. The fourth-order valence-electron chi connectivity index (χ4n) is 2.56. The summed E-state index contributed by atoms with van der Waals surface area (Å²) in [5.41, 5.74) is 7.01. The van der Waals surface area contributed by atoms with Crippen molar-refractivity contribution in [2.24, 2.45) is 0 Å². The van der Waals surface area contributed by atoms with Crippen molar-refractivity contribution in [2.75, 3.05) is 24.1 Å². The minimum Gasteiger partial charge on any atom is -0.397 e. The highest BCUT2D eigenvalue weighted by molar-refractivity contribution is 5.97. The van der Waals surface area contributed by atoms with E-state index < -0.39 is 0 Å². The SMILES string of the molecule is CC(=O)NC1CCN(C(C)C(=O)Nc2ccccc2N)C1. The van der Waals surface area contributed by atoms with Gasteiger partial charge >= 0.3 is 0 Å². The quantitative estimate of drug-likeness (QED) is 0.716. The fourth-order valence-corrected chi connectivity index (χ4v) is 2.56. The Bertz CT molecular complexity index is 532. The van der Waals surface area contributed by atoms with Crippen molar-refractivity contribution >= 4 is 23.2 Å². The molecule has 1 aromatic carbocycles. The van der Waals surface area contributed by atoms with Gasteiger partial charge in [-0.2, -0.15) is 0 Å². The summed E-state index contributed by atoms with van der Waals surface area (Å²) in [6.45, 7) is 4.86. The number of hydrogen-bond acceptors (Lipinski definition) is 4. The number of nitrogens with zero attached hydrogens (tertiary/aromatic N) is 1. The molecule has 1 fully saturated rings. The van der Waals surface area contributed by atoms with E-state index in [4.69, 9.17) is 5.73 Å². The number of carbonyl (C=O) groups excluding carboxylic acids is 2. The van der Waals surface area contributed by atoms with Gasteiger partial charge in [-0.15, -0.1) is 0 Å². The van der Waals surface area contributed by atoms with E-state index in [1.54, 1.807) is 12.1 Å². The molecule has 114 valence electrons. The second-order valence-electron chi connectivity index (χ2n) is 5.43. The van der Waals surface area contributed by atoms with Crippen LogP contribution in [0.3, 0.4) is 0 Å². The zero-order chi connectivity index (χ0) is 15.4. The molecule has 0 aromatic heterocycles. The molecule has 0 saturated carbocycles. The van der Waals surface area contributed by atoms with E-state index in [1.807, 2.05) is 19.1 Å². The molecule has 0 spiro atoms. The van der Waals surface area contributed by atoms with Gasteiger partial charge in [0.25, 0.3) is 0 Å². The smallest absolute Gasteiger partial charge is 0.241 e. The summed E-state index contributed by atoms with van der Waals surface area (Å²) in [6, 6.07) is 7.06. The number of nitrogens with two attached hydrogens (primary N) is 1. The normalized spacial score (nSPS) is 20.0. The van der Waals surface area contributed by atoms with Crippen molar-refractivity contribution in [1.82, 2.24) is 10.2 Å². The van der Waals surface area contributed by atoms with Gasteiger partial charge in [-0.25, -0.2) is 0 Å². The third kappa shape index (κ3) is 3.95. The molecule has 2 amide bonds. The number of nitrogen functional groups attached to an aromatic ring is 1. The van der Waals surface area contributed by atoms with E-state index in [9.17, 15) is 9.59 Å². The van der Waals surface area contributed by atoms with E-state index in [0.29, 0.717) is 17.9 Å². The second-order valence-corrected chi connectivity index (χ2v) is 5.43. The summed E-state index contributed by atoms with van der Waals surface area (Å²) in [5.74, 6) is -0.118. The van der Waals surface area contributed by atoms with Crippen LogP contribution < -0.4 is 16.4 Å². The van der Waals surface area contributed by atoms with Crippen molar-refractivity contribution in [2.45, 2.75) is 32.4 Å². The largest absolute Gasteiger partial charge is 0.397 e. The van der Waals surface area contributed by atoms with Crippen LogP contribution >= 0.6 is 0 Å². The van der Waals surface area contributed by atoms with Crippen LogP contribution in [0.25, 0.3) is 0 Å². The Morgan fingerprint density at radius 3 is 2.76 bits per heavy atom. The molecular weight excluding hydrogens is 268 g/mol. The highest BCUT2D eigenvalue weighted by Crippen LogP contribution is 2.19. The van der Waals surface area contributed by atoms with Crippen LogP contribution in [0.5, 0.6) is 0 Å². The molecule has 1 aliphatic heterocycles. The maximum absolute atomic E-state index is 12.3. The lowest BCUT2D eigenvalue weighted by atomic mass is 10.2. The Morgan fingerprint density at radius 1 is 1.38 bits per heavy atom. The number of likely N-dealkylation sites (tertiary alicyclic amines) is 1. The van der Waals surface area contributed by atoms with E-state index in [0.717, 1.165) is 13.0 Å². The van der Waals surface area contributed by atoms with Gasteiger partial charge in [-0.1, -0.05) is 12.1 Å². The van der Waals surface area contributed by atoms with Gasteiger partial charge in [0.15, 0.2) is 0 Å². The van der Waals surface area contributed by atoms with Crippen molar-refractivity contribution in [3.05, 3.63) is 24.3 Å². The molecule has 2 atom stereocenters. The zero-order valence-electron chi connectivity index (χ0n) is 12.4. The first-order valence-corrected chi connectivity index (χ1v) is 7.14. The topological polar surface area (TPSA) is 87.5 Å². The lowest BCUT2D eigenvalue weighted by molar-refractivity contribution is -0.120. The van der Waals surface area contributed by atoms with Crippen molar-refractivity contribution < 1.29 is 9.59 Å².